The van der Waals surface area contributed by atoms with Crippen molar-refractivity contribution in [2.24, 2.45) is 0 Å². The minimum Gasteiger partial charge on any atom is -0.451 e. The van der Waals surface area contributed by atoms with Gasteiger partial charge in [0.15, 0.2) is 5.76 Å². The molecule has 1 N–H and O–H groups in total. The molecule has 0 radical (unpaired) electrons. The Morgan fingerprint density at radius 1 is 1.48 bits per heavy atom. The smallest absolute Gasteiger partial charge is 0.290 e. The van der Waals surface area contributed by atoms with Gasteiger partial charge in [-0.15, -0.1) is 0 Å². The summed E-state index contributed by atoms with van der Waals surface area (Å²) in [5, 5.41) is 9.72. The summed E-state index contributed by atoms with van der Waals surface area (Å²) in [6, 6.07) is 5.55. The van der Waals surface area contributed by atoms with Crippen molar-refractivity contribution in [3.63, 3.8) is 0 Å². The summed E-state index contributed by atoms with van der Waals surface area (Å²) in [5.74, 6) is -0.482. The van der Waals surface area contributed by atoms with E-state index in [1.807, 2.05) is 6.92 Å². The van der Waals surface area contributed by atoms with Gasteiger partial charge in [0.25, 0.3) is 5.91 Å². The van der Waals surface area contributed by atoms with Gasteiger partial charge in [0.1, 0.15) is 11.4 Å². The van der Waals surface area contributed by atoms with E-state index in [0.717, 1.165) is 0 Å². The second kappa shape index (κ2) is 5.46. The van der Waals surface area contributed by atoms with Crippen LogP contribution in [-0.4, -0.2) is 47.8 Å². The summed E-state index contributed by atoms with van der Waals surface area (Å²) >= 11 is 0. The lowest BCUT2D eigenvalue weighted by molar-refractivity contribution is -0.0673. The molecule has 2 heterocycles. The van der Waals surface area contributed by atoms with Gasteiger partial charge in [0.05, 0.1) is 25.4 Å². The molecule has 112 valence electrons. The van der Waals surface area contributed by atoms with Crippen LogP contribution in [0.15, 0.2) is 28.7 Å². The van der Waals surface area contributed by atoms with Crippen LogP contribution in [0.1, 0.15) is 17.5 Å². The monoisotopic (exact) mass is 293 g/mol. The molecule has 1 aromatic carbocycles. The number of aliphatic hydroxyl groups excluding tert-OH is 1. The van der Waals surface area contributed by atoms with E-state index in [4.69, 9.17) is 14.3 Å². The number of amides is 1. The molecule has 0 aliphatic carbocycles. The highest BCUT2D eigenvalue weighted by Gasteiger charge is 2.31. The van der Waals surface area contributed by atoms with E-state index in [2.05, 4.69) is 0 Å². The van der Waals surface area contributed by atoms with Gasteiger partial charge in [-0.05, 0) is 31.2 Å². The number of fused-ring (bicyclic) bond motifs is 1. The molecule has 2 unspecified atom stereocenters. The average molecular weight is 293 g/mol. The summed E-state index contributed by atoms with van der Waals surface area (Å²) < 4.78 is 24.1. The molecule has 0 bridgehead atoms. The average Bonchev–Trinajstić information content (AvgIpc) is 2.90. The lowest BCUT2D eigenvalue weighted by Crippen LogP contribution is -2.51. The SMILES string of the molecule is CC1COC(CO)CN1C(=O)c1cc2cc(F)ccc2o1. The van der Waals surface area contributed by atoms with Crippen molar-refractivity contribution < 1.29 is 23.4 Å². The maximum atomic E-state index is 13.2. The van der Waals surface area contributed by atoms with Gasteiger partial charge >= 0.3 is 0 Å². The molecule has 0 saturated carbocycles. The minimum atomic E-state index is -0.382. The number of halogens is 1. The zero-order valence-electron chi connectivity index (χ0n) is 11.6. The first-order chi connectivity index (χ1) is 10.1. The fraction of sp³-hybridized carbons (Fsp3) is 0.400. The minimum absolute atomic E-state index is 0.106. The normalized spacial score (nSPS) is 22.7. The second-order valence-corrected chi connectivity index (χ2v) is 5.24. The van der Waals surface area contributed by atoms with E-state index in [0.29, 0.717) is 24.1 Å². The highest BCUT2D eigenvalue weighted by Crippen LogP contribution is 2.23. The number of morpholine rings is 1. The van der Waals surface area contributed by atoms with Crippen molar-refractivity contribution >= 4 is 16.9 Å². The molecule has 1 aromatic heterocycles. The van der Waals surface area contributed by atoms with E-state index in [1.165, 1.54) is 24.3 Å². The van der Waals surface area contributed by atoms with Crippen LogP contribution in [0.5, 0.6) is 0 Å². The third kappa shape index (κ3) is 2.64. The summed E-state index contributed by atoms with van der Waals surface area (Å²) in [4.78, 5) is 14.1. The van der Waals surface area contributed by atoms with Crippen LogP contribution in [0, 0.1) is 5.82 Å². The van der Waals surface area contributed by atoms with Gasteiger partial charge < -0.3 is 19.2 Å². The van der Waals surface area contributed by atoms with Crippen molar-refractivity contribution in [1.29, 1.82) is 0 Å². The Balaban J connectivity index is 1.88. The number of aliphatic hydroxyl groups is 1. The molecule has 1 fully saturated rings. The molecule has 1 amide bonds. The fourth-order valence-corrected chi connectivity index (χ4v) is 2.47. The predicted molar refractivity (Wildman–Crippen MR) is 73.5 cm³/mol. The predicted octanol–water partition coefficient (Wildman–Crippen LogP) is 1.79. The molecule has 2 atom stereocenters. The molecular weight excluding hydrogens is 277 g/mol. The van der Waals surface area contributed by atoms with E-state index < -0.39 is 0 Å². The Labute approximate surface area is 120 Å². The quantitative estimate of drug-likeness (QED) is 0.917. The van der Waals surface area contributed by atoms with Gasteiger partial charge in [0, 0.05) is 11.9 Å². The van der Waals surface area contributed by atoms with Gasteiger partial charge in [-0.3, -0.25) is 4.79 Å². The van der Waals surface area contributed by atoms with Gasteiger partial charge in [-0.1, -0.05) is 0 Å². The number of ether oxygens (including phenoxy) is 1. The number of rotatable bonds is 2. The van der Waals surface area contributed by atoms with E-state index in [9.17, 15) is 9.18 Å². The van der Waals surface area contributed by atoms with E-state index in [1.54, 1.807) is 4.90 Å². The number of furan rings is 1. The fourth-order valence-electron chi connectivity index (χ4n) is 2.47. The molecule has 21 heavy (non-hydrogen) atoms. The first-order valence-corrected chi connectivity index (χ1v) is 6.81. The lowest BCUT2D eigenvalue weighted by atomic mass is 10.2. The maximum absolute atomic E-state index is 13.2. The highest BCUT2D eigenvalue weighted by atomic mass is 19.1. The summed E-state index contributed by atoms with van der Waals surface area (Å²) in [7, 11) is 0. The van der Waals surface area contributed by atoms with Gasteiger partial charge in [-0.25, -0.2) is 4.39 Å². The Morgan fingerprint density at radius 3 is 3.05 bits per heavy atom. The molecule has 3 rings (SSSR count). The maximum Gasteiger partial charge on any atom is 0.290 e. The Kier molecular flexibility index (Phi) is 3.65. The molecule has 6 heteroatoms. The zero-order valence-corrected chi connectivity index (χ0v) is 11.6. The summed E-state index contributed by atoms with van der Waals surface area (Å²) in [5.41, 5.74) is 0.472. The number of hydrogen-bond donors (Lipinski definition) is 1. The zero-order chi connectivity index (χ0) is 15.0. The van der Waals surface area contributed by atoms with Crippen molar-refractivity contribution in [2.75, 3.05) is 19.8 Å². The van der Waals surface area contributed by atoms with E-state index >= 15 is 0 Å². The van der Waals surface area contributed by atoms with Crippen LogP contribution in [-0.2, 0) is 4.74 Å². The van der Waals surface area contributed by atoms with Crippen LogP contribution in [0.25, 0.3) is 11.0 Å². The van der Waals surface area contributed by atoms with Crippen molar-refractivity contribution in [3.05, 3.63) is 35.8 Å². The van der Waals surface area contributed by atoms with Gasteiger partial charge in [0.2, 0.25) is 0 Å². The number of nitrogens with zero attached hydrogens (tertiary/aromatic N) is 1. The Hall–Kier alpha value is -1.92. The van der Waals surface area contributed by atoms with Crippen LogP contribution in [0.4, 0.5) is 4.39 Å². The lowest BCUT2D eigenvalue weighted by Gasteiger charge is -2.36. The molecule has 2 aromatic rings. The largest absolute Gasteiger partial charge is 0.451 e. The first kappa shape index (κ1) is 14.0. The van der Waals surface area contributed by atoms with Crippen LogP contribution in [0.3, 0.4) is 0 Å². The number of hydrogen-bond acceptors (Lipinski definition) is 4. The van der Waals surface area contributed by atoms with Crippen LogP contribution in [0.2, 0.25) is 0 Å². The van der Waals surface area contributed by atoms with Crippen molar-refractivity contribution in [2.45, 2.75) is 19.1 Å². The van der Waals surface area contributed by atoms with Crippen LogP contribution >= 0.6 is 0 Å². The summed E-state index contributed by atoms with van der Waals surface area (Å²) in [6.07, 6.45) is -0.382. The van der Waals surface area contributed by atoms with E-state index in [-0.39, 0.29) is 36.2 Å². The molecule has 1 aliphatic rings. The molecular formula is C15H16FNO4. The van der Waals surface area contributed by atoms with Crippen molar-refractivity contribution in [1.82, 2.24) is 4.90 Å². The van der Waals surface area contributed by atoms with Crippen molar-refractivity contribution in [3.8, 4) is 0 Å². The van der Waals surface area contributed by atoms with Gasteiger partial charge in [-0.2, -0.15) is 0 Å². The molecule has 0 spiro atoms. The van der Waals surface area contributed by atoms with Crippen LogP contribution < -0.4 is 0 Å². The number of benzene rings is 1. The number of carbonyl (C=O) groups excluding carboxylic acids is 1. The number of carbonyl (C=O) groups is 1. The standard InChI is InChI=1S/C15H16FNO4/c1-9-8-20-12(7-18)6-17(9)15(19)14-5-10-4-11(16)2-3-13(10)21-14/h2-5,9,12,18H,6-8H2,1H3. The third-order valence-electron chi connectivity index (χ3n) is 3.66. The molecule has 5 nitrogen and oxygen atoms in total. The summed E-state index contributed by atoms with van der Waals surface area (Å²) in [6.45, 7) is 2.41. The topological polar surface area (TPSA) is 62.9 Å². The Bertz CT molecular complexity index is 669. The highest BCUT2D eigenvalue weighted by molar-refractivity contribution is 5.96. The second-order valence-electron chi connectivity index (χ2n) is 5.24. The molecule has 1 saturated heterocycles. The Morgan fingerprint density at radius 2 is 2.29 bits per heavy atom. The first-order valence-electron chi connectivity index (χ1n) is 6.81. The molecule has 1 aliphatic heterocycles. The third-order valence-corrected chi connectivity index (χ3v) is 3.66.